The second-order valence-electron chi connectivity index (χ2n) is 3.24. The van der Waals surface area contributed by atoms with Crippen molar-refractivity contribution in [3.05, 3.63) is 32.8 Å². The van der Waals surface area contributed by atoms with Crippen molar-refractivity contribution in [3.8, 4) is 0 Å². The van der Waals surface area contributed by atoms with Gasteiger partial charge in [-0.15, -0.1) is 0 Å². The summed E-state index contributed by atoms with van der Waals surface area (Å²) >= 11 is 17.4. The lowest BCUT2D eigenvalue weighted by Crippen LogP contribution is -2.08. The summed E-state index contributed by atoms with van der Waals surface area (Å²) < 4.78 is 0. The fourth-order valence-electron chi connectivity index (χ4n) is 1.20. The van der Waals surface area contributed by atoms with Crippen LogP contribution in [0.4, 0.5) is 0 Å². The Labute approximate surface area is 108 Å². The molecule has 86 valence electrons. The number of rotatable bonds is 4. The second kappa shape index (κ2) is 5.67. The minimum atomic E-state index is -0.376. The van der Waals surface area contributed by atoms with Crippen LogP contribution in [-0.4, -0.2) is 11.6 Å². The van der Waals surface area contributed by atoms with Crippen LogP contribution in [0, 0.1) is 0 Å². The number of hydrogen-bond donors (Lipinski definition) is 0. The number of carbonyl (C=O) groups is 2. The number of ketones is 2. The van der Waals surface area contributed by atoms with Crippen LogP contribution in [0.15, 0.2) is 12.1 Å². The highest BCUT2D eigenvalue weighted by molar-refractivity contribution is 6.42. The van der Waals surface area contributed by atoms with Gasteiger partial charge in [-0.25, -0.2) is 0 Å². The van der Waals surface area contributed by atoms with E-state index in [1.165, 1.54) is 12.1 Å². The number of halogens is 3. The van der Waals surface area contributed by atoms with Gasteiger partial charge in [0.15, 0.2) is 5.78 Å². The molecule has 0 spiro atoms. The van der Waals surface area contributed by atoms with E-state index in [0.29, 0.717) is 11.4 Å². The third-order valence-corrected chi connectivity index (χ3v) is 2.85. The summed E-state index contributed by atoms with van der Waals surface area (Å²) in [5.41, 5.74) is 0.162. The highest BCUT2D eigenvalue weighted by atomic mass is 35.5. The highest BCUT2D eigenvalue weighted by Crippen LogP contribution is 2.30. The lowest BCUT2D eigenvalue weighted by Gasteiger charge is -2.05. The van der Waals surface area contributed by atoms with Gasteiger partial charge in [-0.2, -0.15) is 0 Å². The number of benzene rings is 1. The molecule has 5 heteroatoms. The molecule has 0 saturated heterocycles. The van der Waals surface area contributed by atoms with Crippen LogP contribution in [-0.2, 0) is 4.79 Å². The van der Waals surface area contributed by atoms with Crippen molar-refractivity contribution in [2.45, 2.75) is 19.8 Å². The molecule has 1 rings (SSSR count). The summed E-state index contributed by atoms with van der Waals surface area (Å²) in [4.78, 5) is 22.9. The molecule has 0 radical (unpaired) electrons. The van der Waals surface area contributed by atoms with Crippen molar-refractivity contribution in [1.82, 2.24) is 0 Å². The minimum absolute atomic E-state index is 0.146. The SMILES string of the molecule is CCC(=O)CC(=O)c1c(Cl)cc(Cl)cc1Cl. The van der Waals surface area contributed by atoms with Crippen LogP contribution in [0.5, 0.6) is 0 Å². The Balaban J connectivity index is 3.04. The Kier molecular flexibility index (Phi) is 4.78. The smallest absolute Gasteiger partial charge is 0.173 e. The van der Waals surface area contributed by atoms with Crippen molar-refractivity contribution in [2.75, 3.05) is 0 Å². The first-order valence-electron chi connectivity index (χ1n) is 4.65. The van der Waals surface area contributed by atoms with Crippen molar-refractivity contribution in [3.63, 3.8) is 0 Å². The summed E-state index contributed by atoms with van der Waals surface area (Å²) in [7, 11) is 0. The van der Waals surface area contributed by atoms with Crippen LogP contribution in [0.25, 0.3) is 0 Å². The molecular formula is C11H9Cl3O2. The van der Waals surface area contributed by atoms with E-state index in [9.17, 15) is 9.59 Å². The molecule has 0 atom stereocenters. The van der Waals surface area contributed by atoms with Crippen molar-refractivity contribution < 1.29 is 9.59 Å². The first-order chi connectivity index (χ1) is 7.45. The molecule has 0 N–H and O–H groups in total. The van der Waals surface area contributed by atoms with Crippen LogP contribution < -0.4 is 0 Å². The quantitative estimate of drug-likeness (QED) is 0.611. The monoisotopic (exact) mass is 278 g/mol. The van der Waals surface area contributed by atoms with Crippen LogP contribution >= 0.6 is 34.8 Å². The van der Waals surface area contributed by atoms with Gasteiger partial charge in [0.2, 0.25) is 0 Å². The zero-order chi connectivity index (χ0) is 12.3. The zero-order valence-corrected chi connectivity index (χ0v) is 10.8. The van der Waals surface area contributed by atoms with E-state index in [-0.39, 0.29) is 33.6 Å². The van der Waals surface area contributed by atoms with E-state index in [4.69, 9.17) is 34.8 Å². The van der Waals surface area contributed by atoms with Crippen molar-refractivity contribution in [2.24, 2.45) is 0 Å². The molecule has 1 aromatic carbocycles. The number of hydrogen-bond acceptors (Lipinski definition) is 2. The van der Waals surface area contributed by atoms with E-state index in [0.717, 1.165) is 0 Å². The average molecular weight is 280 g/mol. The lowest BCUT2D eigenvalue weighted by molar-refractivity contribution is -0.117. The second-order valence-corrected chi connectivity index (χ2v) is 4.49. The lowest BCUT2D eigenvalue weighted by atomic mass is 10.0. The van der Waals surface area contributed by atoms with Gasteiger partial charge in [-0.1, -0.05) is 41.7 Å². The highest BCUT2D eigenvalue weighted by Gasteiger charge is 2.17. The van der Waals surface area contributed by atoms with Gasteiger partial charge in [0.05, 0.1) is 22.0 Å². The molecule has 1 aromatic rings. The molecule has 2 nitrogen and oxygen atoms in total. The molecular weight excluding hydrogens is 270 g/mol. The van der Waals surface area contributed by atoms with E-state index in [1.807, 2.05) is 0 Å². The minimum Gasteiger partial charge on any atom is -0.299 e. The fraction of sp³-hybridized carbons (Fsp3) is 0.273. The maximum Gasteiger partial charge on any atom is 0.173 e. The van der Waals surface area contributed by atoms with Gasteiger partial charge in [0.1, 0.15) is 5.78 Å². The van der Waals surface area contributed by atoms with Gasteiger partial charge in [0, 0.05) is 11.4 Å². The van der Waals surface area contributed by atoms with Gasteiger partial charge in [0.25, 0.3) is 0 Å². The van der Waals surface area contributed by atoms with E-state index in [1.54, 1.807) is 6.92 Å². The van der Waals surface area contributed by atoms with Gasteiger partial charge < -0.3 is 0 Å². The van der Waals surface area contributed by atoms with Crippen LogP contribution in [0.1, 0.15) is 30.1 Å². The summed E-state index contributed by atoms with van der Waals surface area (Å²) in [6.45, 7) is 1.70. The Morgan fingerprint density at radius 1 is 1.12 bits per heavy atom. The topological polar surface area (TPSA) is 34.1 Å². The summed E-state index contributed by atoms with van der Waals surface area (Å²) in [6, 6.07) is 2.86. The molecule has 0 fully saturated rings. The molecule has 0 saturated carbocycles. The maximum absolute atomic E-state index is 11.7. The van der Waals surface area contributed by atoms with Crippen LogP contribution in [0.3, 0.4) is 0 Å². The van der Waals surface area contributed by atoms with Gasteiger partial charge >= 0.3 is 0 Å². The van der Waals surface area contributed by atoms with Gasteiger partial charge in [-0.05, 0) is 12.1 Å². The Hall–Kier alpha value is -0.570. The molecule has 16 heavy (non-hydrogen) atoms. The first kappa shape index (κ1) is 13.5. The molecule has 0 bridgehead atoms. The standard InChI is InChI=1S/C11H9Cl3O2/c1-2-7(15)5-10(16)11-8(13)3-6(12)4-9(11)14/h3-4H,2,5H2,1H3. The first-order valence-corrected chi connectivity index (χ1v) is 5.78. The summed E-state index contributed by atoms with van der Waals surface area (Å²) in [5, 5.41) is 0.700. The molecule has 0 unspecified atom stereocenters. The third-order valence-electron chi connectivity index (χ3n) is 2.04. The Bertz CT molecular complexity index is 418. The molecule has 0 amide bonds. The Morgan fingerprint density at radius 2 is 1.62 bits per heavy atom. The molecule has 0 aliphatic carbocycles. The van der Waals surface area contributed by atoms with E-state index < -0.39 is 0 Å². The predicted molar refractivity (Wildman–Crippen MR) is 65.7 cm³/mol. The largest absolute Gasteiger partial charge is 0.299 e. The van der Waals surface area contributed by atoms with E-state index >= 15 is 0 Å². The zero-order valence-electron chi connectivity index (χ0n) is 8.52. The van der Waals surface area contributed by atoms with Gasteiger partial charge in [-0.3, -0.25) is 9.59 Å². The maximum atomic E-state index is 11.7. The predicted octanol–water partition coefficient (Wildman–Crippen LogP) is 4.20. The molecule has 0 aromatic heterocycles. The summed E-state index contributed by atoms with van der Waals surface area (Å²) in [5.74, 6) is -0.523. The number of carbonyl (C=O) groups excluding carboxylic acids is 2. The fourth-order valence-corrected chi connectivity index (χ4v) is 2.23. The number of Topliss-reactive ketones (excluding diaryl/α,β-unsaturated/α-hetero) is 2. The van der Waals surface area contributed by atoms with E-state index in [2.05, 4.69) is 0 Å². The van der Waals surface area contributed by atoms with Crippen molar-refractivity contribution in [1.29, 1.82) is 0 Å². The molecule has 0 aliphatic rings. The summed E-state index contributed by atoms with van der Waals surface area (Å²) in [6.07, 6.45) is 0.131. The third kappa shape index (κ3) is 3.21. The average Bonchev–Trinajstić information content (AvgIpc) is 2.15. The van der Waals surface area contributed by atoms with Crippen molar-refractivity contribution >= 4 is 46.4 Å². The molecule has 0 aliphatic heterocycles. The van der Waals surface area contributed by atoms with Crippen LogP contribution in [0.2, 0.25) is 15.1 Å². The molecule has 0 heterocycles. The Morgan fingerprint density at radius 3 is 2.06 bits per heavy atom. The normalized spacial score (nSPS) is 10.2.